The van der Waals surface area contributed by atoms with Gasteiger partial charge in [0.05, 0.1) is 0 Å². The normalized spacial score (nSPS) is 21.3. The maximum atomic E-state index is 13.7. The van der Waals surface area contributed by atoms with Crippen LogP contribution in [0.15, 0.2) is 24.3 Å². The number of alkyl halides is 3. The van der Waals surface area contributed by atoms with Gasteiger partial charge >= 0.3 is 6.36 Å². The van der Waals surface area contributed by atoms with Gasteiger partial charge < -0.3 is 4.74 Å². The number of halogens is 5. The maximum Gasteiger partial charge on any atom is 0.573 e. The lowest BCUT2D eigenvalue weighted by Crippen LogP contribution is -2.19. The van der Waals surface area contributed by atoms with E-state index in [1.54, 1.807) is 0 Å². The van der Waals surface area contributed by atoms with Crippen LogP contribution in [0.1, 0.15) is 57.4 Å². The van der Waals surface area contributed by atoms with Gasteiger partial charge in [0, 0.05) is 0 Å². The average molecular weight is 376 g/mol. The largest absolute Gasteiger partial charge is 0.573 e. The molecule has 0 spiro atoms. The zero-order valence-corrected chi connectivity index (χ0v) is 14.9. The fourth-order valence-electron chi connectivity index (χ4n) is 3.65. The predicted molar refractivity (Wildman–Crippen MR) is 90.9 cm³/mol. The summed E-state index contributed by atoms with van der Waals surface area (Å²) < 4.78 is 67.4. The van der Waals surface area contributed by atoms with Crippen molar-refractivity contribution in [2.45, 2.75) is 64.7 Å². The molecule has 6 heteroatoms. The van der Waals surface area contributed by atoms with Crippen LogP contribution in [0.4, 0.5) is 22.0 Å². The molecule has 0 unspecified atom stereocenters. The predicted octanol–water partition coefficient (Wildman–Crippen LogP) is 6.96. The number of hydrogen-bond acceptors (Lipinski definition) is 1. The molecule has 26 heavy (non-hydrogen) atoms. The van der Waals surface area contributed by atoms with Crippen molar-refractivity contribution in [1.29, 1.82) is 0 Å². The molecule has 0 heterocycles. The molecule has 1 aliphatic rings. The first-order valence-corrected chi connectivity index (χ1v) is 9.13. The summed E-state index contributed by atoms with van der Waals surface area (Å²) in [5.41, 5.74) is 0.365. The van der Waals surface area contributed by atoms with Gasteiger partial charge in [0.2, 0.25) is 5.75 Å². The molecule has 146 valence electrons. The van der Waals surface area contributed by atoms with Gasteiger partial charge in [-0.25, -0.2) is 8.78 Å². The van der Waals surface area contributed by atoms with E-state index in [1.807, 2.05) is 6.92 Å². The first kappa shape index (κ1) is 20.7. The fraction of sp³-hybridized carbons (Fsp3) is 0.600. The minimum Gasteiger partial charge on any atom is -0.399 e. The Morgan fingerprint density at radius 2 is 1.54 bits per heavy atom. The van der Waals surface area contributed by atoms with Crippen molar-refractivity contribution in [3.8, 4) is 5.75 Å². The van der Waals surface area contributed by atoms with Crippen molar-refractivity contribution >= 4 is 0 Å². The van der Waals surface area contributed by atoms with Gasteiger partial charge in [-0.15, -0.1) is 13.2 Å². The van der Waals surface area contributed by atoms with Gasteiger partial charge in [-0.2, -0.15) is 0 Å². The van der Waals surface area contributed by atoms with Crippen LogP contribution in [0.2, 0.25) is 0 Å². The summed E-state index contributed by atoms with van der Waals surface area (Å²) in [6.07, 6.45) is 7.22. The third-order valence-corrected chi connectivity index (χ3v) is 5.06. The van der Waals surface area contributed by atoms with Crippen LogP contribution in [-0.2, 0) is 6.42 Å². The van der Waals surface area contributed by atoms with Crippen LogP contribution < -0.4 is 4.74 Å². The van der Waals surface area contributed by atoms with E-state index in [2.05, 4.69) is 16.9 Å². The molecule has 1 aromatic carbocycles. The van der Waals surface area contributed by atoms with E-state index >= 15 is 0 Å². The highest BCUT2D eigenvalue weighted by molar-refractivity contribution is 5.31. The zero-order chi connectivity index (χ0) is 19.2. The summed E-state index contributed by atoms with van der Waals surface area (Å²) in [4.78, 5) is 0. The molecule has 1 saturated carbocycles. The van der Waals surface area contributed by atoms with Crippen molar-refractivity contribution in [1.82, 2.24) is 0 Å². The topological polar surface area (TPSA) is 9.23 Å². The minimum absolute atomic E-state index is 0.365. The van der Waals surface area contributed by atoms with E-state index in [0.29, 0.717) is 17.9 Å². The third-order valence-electron chi connectivity index (χ3n) is 5.06. The fourth-order valence-corrected chi connectivity index (χ4v) is 3.65. The molecule has 1 aromatic rings. The summed E-state index contributed by atoms with van der Waals surface area (Å²) in [6.45, 7) is 2.02. The second-order valence-corrected chi connectivity index (χ2v) is 7.01. The number of allylic oxidation sites excluding steroid dienone is 2. The smallest absolute Gasteiger partial charge is 0.399 e. The highest BCUT2D eigenvalue weighted by atomic mass is 19.4. The van der Waals surface area contributed by atoms with E-state index < -0.39 is 23.7 Å². The molecule has 0 saturated heterocycles. The van der Waals surface area contributed by atoms with Crippen molar-refractivity contribution in [2.75, 3.05) is 0 Å². The van der Waals surface area contributed by atoms with E-state index in [-0.39, 0.29) is 0 Å². The van der Waals surface area contributed by atoms with Gasteiger partial charge in [-0.3, -0.25) is 0 Å². The Kier molecular flexibility index (Phi) is 7.47. The first-order chi connectivity index (χ1) is 12.3. The molecule has 0 amide bonds. The van der Waals surface area contributed by atoms with E-state index in [9.17, 15) is 22.0 Å². The Bertz CT molecular complexity index is 578. The molecular formula is C20H25F5O. The highest BCUT2D eigenvalue weighted by Gasteiger charge is 2.34. The zero-order valence-electron chi connectivity index (χ0n) is 14.9. The SMILES string of the molecule is C/C=C/CC[C@H]1CC[C@H](CCc2cc(F)c(OC(F)(F)F)c(F)c2)CC1. The first-order valence-electron chi connectivity index (χ1n) is 9.13. The summed E-state index contributed by atoms with van der Waals surface area (Å²) in [5, 5.41) is 0. The molecule has 0 bridgehead atoms. The van der Waals surface area contributed by atoms with Gasteiger partial charge in [0.1, 0.15) is 0 Å². The molecule has 0 aliphatic heterocycles. The van der Waals surface area contributed by atoms with Crippen LogP contribution >= 0.6 is 0 Å². The van der Waals surface area contributed by atoms with Crippen molar-refractivity contribution < 1.29 is 26.7 Å². The molecule has 0 aromatic heterocycles. The number of rotatable bonds is 7. The van der Waals surface area contributed by atoms with Gasteiger partial charge in [0.25, 0.3) is 0 Å². The number of ether oxygens (including phenoxy) is 1. The molecule has 1 nitrogen and oxygen atoms in total. The molecule has 1 fully saturated rings. The lowest BCUT2D eigenvalue weighted by atomic mass is 9.78. The Morgan fingerprint density at radius 3 is 2.04 bits per heavy atom. The second-order valence-electron chi connectivity index (χ2n) is 7.01. The number of hydrogen-bond donors (Lipinski definition) is 0. The van der Waals surface area contributed by atoms with Crippen LogP contribution in [0.25, 0.3) is 0 Å². The Balaban J connectivity index is 1.83. The Morgan fingerprint density at radius 1 is 1.00 bits per heavy atom. The van der Waals surface area contributed by atoms with Crippen molar-refractivity contribution in [3.05, 3.63) is 41.5 Å². The van der Waals surface area contributed by atoms with Gasteiger partial charge in [0.15, 0.2) is 11.6 Å². The standard InChI is InChI=1S/C20H25F5O/c1-2-3-4-5-14-6-8-15(9-7-14)10-11-16-12-17(21)19(18(22)13-16)26-20(23,24)25/h2-3,12-15H,4-11H2,1H3/b3-2+/t14-,15-. The molecule has 0 N–H and O–H groups in total. The monoisotopic (exact) mass is 376 g/mol. The average Bonchev–Trinajstić information content (AvgIpc) is 2.57. The number of aryl methyl sites for hydroxylation is 1. The molecule has 0 atom stereocenters. The molecule has 0 radical (unpaired) electrons. The van der Waals surface area contributed by atoms with Crippen molar-refractivity contribution in [3.63, 3.8) is 0 Å². The highest BCUT2D eigenvalue weighted by Crippen LogP contribution is 2.35. The van der Waals surface area contributed by atoms with Crippen LogP contribution in [0.5, 0.6) is 5.75 Å². The lowest BCUT2D eigenvalue weighted by Gasteiger charge is -2.28. The summed E-state index contributed by atoms with van der Waals surface area (Å²) in [6, 6.07) is 1.87. The van der Waals surface area contributed by atoms with E-state index in [0.717, 1.165) is 43.7 Å². The van der Waals surface area contributed by atoms with Crippen LogP contribution in [0.3, 0.4) is 0 Å². The van der Waals surface area contributed by atoms with Crippen LogP contribution in [-0.4, -0.2) is 6.36 Å². The minimum atomic E-state index is -5.12. The quantitative estimate of drug-likeness (QED) is 0.369. The second kappa shape index (κ2) is 9.38. The van der Waals surface area contributed by atoms with E-state index in [1.165, 1.54) is 19.3 Å². The van der Waals surface area contributed by atoms with Gasteiger partial charge in [-0.1, -0.05) is 37.8 Å². The van der Waals surface area contributed by atoms with Crippen LogP contribution in [0, 0.1) is 23.5 Å². The number of benzene rings is 1. The Hall–Kier alpha value is -1.59. The summed E-state index contributed by atoms with van der Waals surface area (Å²) in [7, 11) is 0. The van der Waals surface area contributed by atoms with E-state index in [4.69, 9.17) is 0 Å². The van der Waals surface area contributed by atoms with Crippen molar-refractivity contribution in [2.24, 2.45) is 11.8 Å². The Labute approximate surface area is 151 Å². The maximum absolute atomic E-state index is 13.7. The summed E-state index contributed by atoms with van der Waals surface area (Å²) >= 11 is 0. The van der Waals surface area contributed by atoms with Gasteiger partial charge in [-0.05, 0) is 62.1 Å². The molecule has 1 aliphatic carbocycles. The third kappa shape index (κ3) is 6.61. The lowest BCUT2D eigenvalue weighted by molar-refractivity contribution is -0.276. The molecular weight excluding hydrogens is 351 g/mol. The summed E-state index contributed by atoms with van der Waals surface area (Å²) in [5.74, 6) is -2.76. The molecule has 2 rings (SSSR count).